The number of hydrogen-bond acceptors (Lipinski definition) is 8. The molecule has 0 bridgehead atoms. The first-order chi connectivity index (χ1) is 16.5. The minimum Gasteiger partial charge on any atom is -0.354 e. The molecule has 3 aromatic rings. The molecule has 9 nitrogen and oxygen atoms in total. The molecule has 0 amide bonds. The van der Waals surface area contributed by atoms with Gasteiger partial charge in [0.15, 0.2) is 5.82 Å². The van der Waals surface area contributed by atoms with Gasteiger partial charge in [0, 0.05) is 49.4 Å². The summed E-state index contributed by atoms with van der Waals surface area (Å²) in [7, 11) is 0. The van der Waals surface area contributed by atoms with Gasteiger partial charge in [0.05, 0.1) is 30.2 Å². The Morgan fingerprint density at radius 1 is 1.03 bits per heavy atom. The molecule has 1 saturated carbocycles. The van der Waals surface area contributed by atoms with E-state index in [1.54, 1.807) is 6.20 Å². The Morgan fingerprint density at radius 2 is 1.82 bits per heavy atom. The number of rotatable bonds is 3. The van der Waals surface area contributed by atoms with Crippen molar-refractivity contribution in [3.63, 3.8) is 0 Å². The first-order valence-corrected chi connectivity index (χ1v) is 12.0. The van der Waals surface area contributed by atoms with Crippen molar-refractivity contribution in [3.05, 3.63) is 52.7 Å². The SMILES string of the molecule is Cc1cncc(N2CC3(C2)CN(c2nnc4n2-c2ccc(Cl)cc2CN(C2(C#N)CC2)C4)C3)n1. The topological polar surface area (TPSA) is 90.0 Å². The summed E-state index contributed by atoms with van der Waals surface area (Å²) >= 11 is 6.37. The molecule has 172 valence electrons. The zero-order chi connectivity index (χ0) is 23.1. The molecule has 3 aliphatic heterocycles. The molecule has 34 heavy (non-hydrogen) atoms. The van der Waals surface area contributed by atoms with Crippen LogP contribution in [-0.4, -0.2) is 61.4 Å². The number of halogens is 1. The van der Waals surface area contributed by atoms with Crippen LogP contribution < -0.4 is 9.80 Å². The summed E-state index contributed by atoms with van der Waals surface area (Å²) in [4.78, 5) is 15.8. The fraction of sp³-hybridized carbons (Fsp3) is 0.458. The van der Waals surface area contributed by atoms with E-state index in [1.165, 1.54) is 0 Å². The highest BCUT2D eigenvalue weighted by atomic mass is 35.5. The maximum Gasteiger partial charge on any atom is 0.231 e. The molecule has 7 rings (SSSR count). The summed E-state index contributed by atoms with van der Waals surface area (Å²) in [6.45, 7) is 7.10. The molecular weight excluding hydrogens is 450 g/mol. The van der Waals surface area contributed by atoms with Gasteiger partial charge in [-0.05, 0) is 43.5 Å². The summed E-state index contributed by atoms with van der Waals surface area (Å²) < 4.78 is 2.18. The second-order valence-corrected chi connectivity index (χ2v) is 10.7. The molecule has 10 heteroatoms. The minimum absolute atomic E-state index is 0.260. The lowest BCUT2D eigenvalue weighted by molar-refractivity contribution is 0.153. The molecule has 2 saturated heterocycles. The molecule has 0 N–H and O–H groups in total. The molecule has 3 fully saturated rings. The third-order valence-corrected chi connectivity index (χ3v) is 7.92. The van der Waals surface area contributed by atoms with E-state index in [0.29, 0.717) is 18.1 Å². The summed E-state index contributed by atoms with van der Waals surface area (Å²) in [6, 6.07) is 8.53. The minimum atomic E-state index is -0.393. The number of benzene rings is 1. The van der Waals surface area contributed by atoms with Crippen LogP contribution in [0, 0.1) is 23.7 Å². The van der Waals surface area contributed by atoms with Crippen LogP contribution in [0.4, 0.5) is 11.8 Å². The van der Waals surface area contributed by atoms with Crippen LogP contribution in [0.25, 0.3) is 5.69 Å². The average Bonchev–Trinajstić information content (AvgIpc) is 3.50. The lowest BCUT2D eigenvalue weighted by Crippen LogP contribution is -2.73. The van der Waals surface area contributed by atoms with Crippen molar-refractivity contribution in [1.29, 1.82) is 5.26 Å². The fourth-order valence-corrected chi connectivity index (χ4v) is 5.94. The molecule has 0 unspecified atom stereocenters. The Hall–Kier alpha value is -3.22. The molecule has 1 aromatic carbocycles. The Labute approximate surface area is 202 Å². The molecule has 2 aromatic heterocycles. The van der Waals surface area contributed by atoms with Gasteiger partial charge in [0.1, 0.15) is 11.4 Å². The van der Waals surface area contributed by atoms with Gasteiger partial charge >= 0.3 is 0 Å². The van der Waals surface area contributed by atoms with Crippen molar-refractivity contribution < 1.29 is 0 Å². The monoisotopic (exact) mass is 473 g/mol. The van der Waals surface area contributed by atoms with Gasteiger partial charge < -0.3 is 9.80 Å². The third-order valence-electron chi connectivity index (χ3n) is 7.68. The Bertz CT molecular complexity index is 1340. The van der Waals surface area contributed by atoms with Gasteiger partial charge in [-0.3, -0.25) is 14.5 Å². The van der Waals surface area contributed by atoms with Crippen molar-refractivity contribution in [3.8, 4) is 11.8 Å². The molecular formula is C24H24ClN9. The van der Waals surface area contributed by atoms with E-state index < -0.39 is 5.54 Å². The zero-order valence-corrected chi connectivity index (χ0v) is 19.7. The Morgan fingerprint density at radius 3 is 2.56 bits per heavy atom. The summed E-state index contributed by atoms with van der Waals surface area (Å²) in [5, 5.41) is 19.7. The highest BCUT2D eigenvalue weighted by molar-refractivity contribution is 6.30. The third kappa shape index (κ3) is 2.95. The van der Waals surface area contributed by atoms with Gasteiger partial charge in [0.2, 0.25) is 5.95 Å². The number of hydrogen-bond donors (Lipinski definition) is 0. The van der Waals surface area contributed by atoms with Crippen LogP contribution in [0.1, 0.15) is 29.9 Å². The molecule has 0 radical (unpaired) electrons. The van der Waals surface area contributed by atoms with Crippen LogP contribution >= 0.6 is 11.6 Å². The predicted molar refractivity (Wildman–Crippen MR) is 127 cm³/mol. The van der Waals surface area contributed by atoms with Gasteiger partial charge in [-0.15, -0.1) is 10.2 Å². The van der Waals surface area contributed by atoms with Crippen LogP contribution in [0.3, 0.4) is 0 Å². The van der Waals surface area contributed by atoms with E-state index in [0.717, 1.165) is 73.6 Å². The lowest BCUT2D eigenvalue weighted by Gasteiger charge is -2.60. The highest BCUT2D eigenvalue weighted by Crippen LogP contribution is 2.46. The molecule has 1 aliphatic carbocycles. The Kier molecular flexibility index (Phi) is 4.10. The van der Waals surface area contributed by atoms with E-state index in [9.17, 15) is 5.26 Å². The van der Waals surface area contributed by atoms with E-state index in [1.807, 2.05) is 25.3 Å². The standard InChI is InChI=1S/C24H24ClN9/c1-16-7-27-8-20(28-16)31-12-23(13-31)14-32(15-23)22-30-29-21-10-33(24(11-26)4-5-24)9-17-6-18(25)2-3-19(17)34(21)22/h2-3,6-8H,4-5,9-10,12-15H2,1H3. The largest absolute Gasteiger partial charge is 0.354 e. The van der Waals surface area contributed by atoms with E-state index >= 15 is 0 Å². The maximum absolute atomic E-state index is 9.82. The van der Waals surface area contributed by atoms with E-state index in [-0.39, 0.29) is 5.41 Å². The van der Waals surface area contributed by atoms with Gasteiger partial charge in [-0.1, -0.05) is 11.6 Å². The molecule has 4 aliphatic rings. The Balaban J connectivity index is 1.16. The second-order valence-electron chi connectivity index (χ2n) is 10.3. The van der Waals surface area contributed by atoms with Gasteiger partial charge in [0.25, 0.3) is 0 Å². The summed E-state index contributed by atoms with van der Waals surface area (Å²) in [6.07, 6.45) is 5.43. The van der Waals surface area contributed by atoms with Crippen molar-refractivity contribution in [1.82, 2.24) is 29.6 Å². The van der Waals surface area contributed by atoms with Crippen LogP contribution in [0.15, 0.2) is 30.6 Å². The van der Waals surface area contributed by atoms with Gasteiger partial charge in [-0.2, -0.15) is 5.26 Å². The van der Waals surface area contributed by atoms with E-state index in [4.69, 9.17) is 11.6 Å². The number of fused-ring (bicyclic) bond motifs is 3. The number of nitrogens with zero attached hydrogens (tertiary/aromatic N) is 9. The summed E-state index contributed by atoms with van der Waals surface area (Å²) in [5.74, 6) is 2.71. The molecule has 1 spiro atoms. The predicted octanol–water partition coefficient (Wildman–Crippen LogP) is 2.72. The number of nitriles is 1. The maximum atomic E-state index is 9.82. The molecule has 0 atom stereocenters. The first-order valence-electron chi connectivity index (χ1n) is 11.7. The number of aromatic nitrogens is 5. The number of aryl methyl sites for hydroxylation is 1. The summed E-state index contributed by atoms with van der Waals surface area (Å²) in [5.41, 5.74) is 2.97. The van der Waals surface area contributed by atoms with Crippen LogP contribution in [0.2, 0.25) is 5.02 Å². The normalized spacial score (nSPS) is 21.7. The van der Waals surface area contributed by atoms with Crippen molar-refractivity contribution in [2.45, 2.75) is 38.4 Å². The zero-order valence-electron chi connectivity index (χ0n) is 18.9. The lowest BCUT2D eigenvalue weighted by atomic mass is 9.73. The smallest absolute Gasteiger partial charge is 0.231 e. The quantitative estimate of drug-likeness (QED) is 0.573. The van der Waals surface area contributed by atoms with Crippen molar-refractivity contribution in [2.24, 2.45) is 5.41 Å². The van der Waals surface area contributed by atoms with Crippen LogP contribution in [0.5, 0.6) is 0 Å². The van der Waals surface area contributed by atoms with Gasteiger partial charge in [-0.25, -0.2) is 4.98 Å². The number of anilines is 2. The molecule has 5 heterocycles. The fourth-order valence-electron chi connectivity index (χ4n) is 5.74. The highest BCUT2D eigenvalue weighted by Gasteiger charge is 2.54. The van der Waals surface area contributed by atoms with Crippen LogP contribution in [-0.2, 0) is 13.1 Å². The van der Waals surface area contributed by atoms with Crippen molar-refractivity contribution >= 4 is 23.4 Å². The first kappa shape index (κ1) is 20.2. The van der Waals surface area contributed by atoms with E-state index in [2.05, 4.69) is 51.6 Å². The average molecular weight is 474 g/mol. The second kappa shape index (κ2) is 6.90. The van der Waals surface area contributed by atoms with Crippen molar-refractivity contribution in [2.75, 3.05) is 36.0 Å².